The van der Waals surface area contributed by atoms with Crippen LogP contribution in [0.5, 0.6) is 11.5 Å². The standard InChI is InChI=1S/C22H21F10NO4/c23-19(24)35-18(33(21(27,28)29)37-20(25)26)9-4-12-34-17-8-2-1-6-15(17)11-10-14-5-3-7-16(13-14)36-22(30,31)32/h1-3,5-8,13,18-20H,4,9-12H2. The fourth-order valence-electron chi connectivity index (χ4n) is 3.20. The number of halogens is 10. The third kappa shape index (κ3) is 11.4. The van der Waals surface area contributed by atoms with Gasteiger partial charge in [-0.05, 0) is 55.0 Å². The maximum absolute atomic E-state index is 13.0. The molecule has 0 bridgehead atoms. The minimum absolute atomic E-state index is 0.283. The van der Waals surface area contributed by atoms with E-state index < -0.39 is 43.6 Å². The van der Waals surface area contributed by atoms with Gasteiger partial charge in [-0.1, -0.05) is 35.4 Å². The summed E-state index contributed by atoms with van der Waals surface area (Å²) in [4.78, 5) is 3.33. The van der Waals surface area contributed by atoms with Crippen LogP contribution in [0.2, 0.25) is 0 Å². The monoisotopic (exact) mass is 553 g/mol. The highest BCUT2D eigenvalue weighted by Crippen LogP contribution is 2.30. The van der Waals surface area contributed by atoms with Gasteiger partial charge in [-0.2, -0.15) is 30.7 Å². The smallest absolute Gasteiger partial charge is 0.493 e. The molecule has 0 radical (unpaired) electrons. The molecule has 2 aromatic rings. The molecule has 0 N–H and O–H groups in total. The van der Waals surface area contributed by atoms with Crippen LogP contribution < -0.4 is 9.47 Å². The molecule has 5 nitrogen and oxygen atoms in total. The fraction of sp³-hybridized carbons (Fsp3) is 0.455. The van der Waals surface area contributed by atoms with Gasteiger partial charge in [-0.15, -0.1) is 13.2 Å². The Hall–Kier alpha value is -2.78. The third-order valence-corrected chi connectivity index (χ3v) is 4.61. The number of benzene rings is 2. The summed E-state index contributed by atoms with van der Waals surface area (Å²) in [6, 6.07) is 11.7. The number of aryl methyl sites for hydroxylation is 2. The topological polar surface area (TPSA) is 40.2 Å². The maximum atomic E-state index is 13.0. The SMILES string of the molecule is FC(F)OC(CCCOc1ccccc1CCc1cccc(OC(F)(F)F)c1)N(OC(F)F)C(F)(F)F. The van der Waals surface area contributed by atoms with Gasteiger partial charge < -0.3 is 14.2 Å². The average molecular weight is 553 g/mol. The second-order valence-corrected chi connectivity index (χ2v) is 7.30. The van der Waals surface area contributed by atoms with Crippen molar-refractivity contribution in [3.63, 3.8) is 0 Å². The van der Waals surface area contributed by atoms with E-state index in [9.17, 15) is 43.9 Å². The van der Waals surface area contributed by atoms with E-state index in [1.807, 2.05) is 0 Å². The Morgan fingerprint density at radius 2 is 1.51 bits per heavy atom. The van der Waals surface area contributed by atoms with E-state index in [1.165, 1.54) is 18.2 Å². The lowest BCUT2D eigenvalue weighted by Gasteiger charge is -2.30. The lowest BCUT2D eigenvalue weighted by atomic mass is 10.0. The molecule has 1 atom stereocenters. The summed E-state index contributed by atoms with van der Waals surface area (Å²) < 4.78 is 139. The van der Waals surface area contributed by atoms with Crippen molar-refractivity contribution in [2.45, 2.75) is 57.8 Å². The van der Waals surface area contributed by atoms with Crippen molar-refractivity contribution in [3.8, 4) is 11.5 Å². The Labute approximate surface area is 204 Å². The number of alkyl halides is 10. The molecule has 0 fully saturated rings. The maximum Gasteiger partial charge on any atom is 0.573 e. The van der Waals surface area contributed by atoms with Crippen LogP contribution >= 0.6 is 0 Å². The molecular weight excluding hydrogens is 532 g/mol. The van der Waals surface area contributed by atoms with E-state index in [1.54, 1.807) is 24.3 Å². The van der Waals surface area contributed by atoms with Gasteiger partial charge in [-0.3, -0.25) is 0 Å². The average Bonchev–Trinajstić information content (AvgIpc) is 2.77. The zero-order valence-corrected chi connectivity index (χ0v) is 18.7. The highest BCUT2D eigenvalue weighted by atomic mass is 19.4. The van der Waals surface area contributed by atoms with Gasteiger partial charge in [0.2, 0.25) is 0 Å². The van der Waals surface area contributed by atoms with Crippen molar-refractivity contribution >= 4 is 0 Å². The van der Waals surface area contributed by atoms with Gasteiger partial charge in [0.1, 0.15) is 17.7 Å². The molecule has 0 saturated carbocycles. The summed E-state index contributed by atoms with van der Waals surface area (Å²) in [6.45, 7) is -7.93. The number of hydrogen-bond donors (Lipinski definition) is 0. The molecule has 0 spiro atoms. The first-order valence-electron chi connectivity index (χ1n) is 10.5. The van der Waals surface area contributed by atoms with Crippen molar-refractivity contribution in [2.24, 2.45) is 0 Å². The minimum Gasteiger partial charge on any atom is -0.493 e. The van der Waals surface area contributed by atoms with Crippen LogP contribution in [0.15, 0.2) is 48.5 Å². The lowest BCUT2D eigenvalue weighted by Crippen LogP contribution is -2.48. The summed E-state index contributed by atoms with van der Waals surface area (Å²) in [5.41, 5.74) is 1.12. The minimum atomic E-state index is -5.55. The number of ether oxygens (including phenoxy) is 3. The summed E-state index contributed by atoms with van der Waals surface area (Å²) in [5, 5.41) is -1.28. The number of hydrogen-bond acceptors (Lipinski definition) is 5. The van der Waals surface area contributed by atoms with Gasteiger partial charge >= 0.3 is 25.9 Å². The number of nitrogens with zero attached hydrogens (tertiary/aromatic N) is 1. The van der Waals surface area contributed by atoms with Gasteiger partial charge in [0, 0.05) is 0 Å². The molecule has 0 aliphatic heterocycles. The molecule has 15 heteroatoms. The zero-order chi connectivity index (χ0) is 27.6. The van der Waals surface area contributed by atoms with Crippen molar-refractivity contribution in [1.29, 1.82) is 0 Å². The second-order valence-electron chi connectivity index (χ2n) is 7.30. The first-order chi connectivity index (χ1) is 17.2. The Balaban J connectivity index is 1.98. The molecule has 2 aromatic carbocycles. The van der Waals surface area contributed by atoms with Gasteiger partial charge in [0.05, 0.1) is 6.61 Å². The first-order valence-corrected chi connectivity index (χ1v) is 10.5. The largest absolute Gasteiger partial charge is 0.573 e. The van der Waals surface area contributed by atoms with Crippen LogP contribution in [0.25, 0.3) is 0 Å². The van der Waals surface area contributed by atoms with E-state index in [4.69, 9.17) is 4.74 Å². The second kappa shape index (κ2) is 13.7. The molecule has 0 heterocycles. The van der Waals surface area contributed by atoms with Crippen LogP contribution in [0.1, 0.15) is 24.0 Å². The molecule has 37 heavy (non-hydrogen) atoms. The normalized spacial score (nSPS) is 13.4. The van der Waals surface area contributed by atoms with E-state index in [0.29, 0.717) is 17.5 Å². The van der Waals surface area contributed by atoms with Crippen molar-refractivity contribution in [1.82, 2.24) is 5.06 Å². The fourth-order valence-corrected chi connectivity index (χ4v) is 3.20. The Morgan fingerprint density at radius 1 is 0.811 bits per heavy atom. The Bertz CT molecular complexity index is 956. The van der Waals surface area contributed by atoms with Gasteiger partial charge in [-0.25, -0.2) is 4.84 Å². The van der Waals surface area contributed by atoms with Crippen molar-refractivity contribution in [3.05, 3.63) is 59.7 Å². The zero-order valence-electron chi connectivity index (χ0n) is 18.7. The Kier molecular flexibility index (Phi) is 11.3. The molecule has 0 saturated heterocycles. The van der Waals surface area contributed by atoms with Crippen LogP contribution in [0.4, 0.5) is 43.9 Å². The quantitative estimate of drug-likeness (QED) is 0.0823. The summed E-state index contributed by atoms with van der Waals surface area (Å²) in [7, 11) is 0. The molecular formula is C22H21F10NO4. The van der Waals surface area contributed by atoms with E-state index >= 15 is 0 Å². The van der Waals surface area contributed by atoms with E-state index in [0.717, 1.165) is 6.07 Å². The summed E-state index contributed by atoms with van der Waals surface area (Å²) in [5.74, 6) is -0.105. The molecule has 0 aliphatic carbocycles. The molecule has 0 amide bonds. The molecule has 208 valence electrons. The number of rotatable bonds is 14. The Morgan fingerprint density at radius 3 is 2.14 bits per heavy atom. The van der Waals surface area contributed by atoms with Gasteiger partial charge in [0.15, 0.2) is 0 Å². The predicted octanol–water partition coefficient (Wildman–Crippen LogP) is 7.07. The van der Waals surface area contributed by atoms with Crippen LogP contribution in [-0.4, -0.2) is 43.8 Å². The van der Waals surface area contributed by atoms with Crippen LogP contribution in [0, 0.1) is 0 Å². The highest BCUT2D eigenvalue weighted by molar-refractivity contribution is 5.35. The first kappa shape index (κ1) is 30.4. The molecule has 0 aromatic heterocycles. The molecule has 2 rings (SSSR count). The predicted molar refractivity (Wildman–Crippen MR) is 108 cm³/mol. The van der Waals surface area contributed by atoms with Gasteiger partial charge in [0.25, 0.3) is 0 Å². The highest BCUT2D eigenvalue weighted by Gasteiger charge is 2.46. The van der Waals surface area contributed by atoms with Crippen molar-refractivity contribution in [2.75, 3.05) is 6.61 Å². The molecule has 1 unspecified atom stereocenters. The number of para-hydroxylation sites is 1. The number of hydroxylamine groups is 2. The molecule has 0 aliphatic rings. The van der Waals surface area contributed by atoms with Crippen LogP contribution in [-0.2, 0) is 22.4 Å². The van der Waals surface area contributed by atoms with Crippen LogP contribution in [0.3, 0.4) is 0 Å². The summed E-state index contributed by atoms with van der Waals surface area (Å²) in [6.07, 6.45) is -13.5. The third-order valence-electron chi connectivity index (χ3n) is 4.61. The summed E-state index contributed by atoms with van der Waals surface area (Å²) >= 11 is 0. The van der Waals surface area contributed by atoms with E-state index in [2.05, 4.69) is 14.3 Å². The lowest BCUT2D eigenvalue weighted by molar-refractivity contribution is -0.461. The van der Waals surface area contributed by atoms with Crippen molar-refractivity contribution < 1.29 is 63.0 Å². The van der Waals surface area contributed by atoms with E-state index in [-0.39, 0.29) is 30.9 Å².